The molecule has 126 valence electrons. The van der Waals surface area contributed by atoms with E-state index in [1.54, 1.807) is 28.8 Å². The van der Waals surface area contributed by atoms with Crippen molar-refractivity contribution in [2.45, 2.75) is 31.4 Å². The zero-order valence-electron chi connectivity index (χ0n) is 13.6. The Morgan fingerprint density at radius 2 is 1.87 bits per heavy atom. The van der Waals surface area contributed by atoms with Crippen molar-refractivity contribution in [2.24, 2.45) is 5.92 Å². The van der Waals surface area contributed by atoms with Gasteiger partial charge in [0.05, 0.1) is 11.7 Å². The van der Waals surface area contributed by atoms with Crippen LogP contribution in [0.5, 0.6) is 0 Å². The zero-order chi connectivity index (χ0) is 17.2. The fraction of sp³-hybridized carbons (Fsp3) is 0.529. The first-order valence-corrected chi connectivity index (χ1v) is 8.94. The number of amides is 1. The van der Waals surface area contributed by atoms with Crippen molar-refractivity contribution in [3.63, 3.8) is 0 Å². The number of aliphatic carboxylic acids is 1. The summed E-state index contributed by atoms with van der Waals surface area (Å²) in [7, 11) is 0. The van der Waals surface area contributed by atoms with Gasteiger partial charge in [0.25, 0.3) is 0 Å². The second-order valence-corrected chi connectivity index (χ2v) is 9.04. The standard InChI is InChI=1S/C17H22ClNO3S/c1-17(2,3)23-10-15(20)19-8-13(14(9-19)16(21)22)11-4-6-12(18)7-5-11/h4-7,13-14H,8-10H2,1-3H3,(H,21,22)/t13-,14+/m0/s1. The van der Waals surface area contributed by atoms with Crippen LogP contribution >= 0.6 is 23.4 Å². The lowest BCUT2D eigenvalue weighted by Gasteiger charge is -2.21. The summed E-state index contributed by atoms with van der Waals surface area (Å²) >= 11 is 7.48. The number of carboxylic acids is 1. The maximum atomic E-state index is 12.4. The van der Waals surface area contributed by atoms with E-state index in [1.165, 1.54) is 0 Å². The quantitative estimate of drug-likeness (QED) is 0.898. The van der Waals surface area contributed by atoms with Crippen LogP contribution in [0.25, 0.3) is 0 Å². The number of nitrogens with zero attached hydrogens (tertiary/aromatic N) is 1. The minimum Gasteiger partial charge on any atom is -0.481 e. The summed E-state index contributed by atoms with van der Waals surface area (Å²) in [6.07, 6.45) is 0. The van der Waals surface area contributed by atoms with E-state index in [2.05, 4.69) is 20.8 Å². The van der Waals surface area contributed by atoms with Gasteiger partial charge in [0.2, 0.25) is 5.91 Å². The minimum atomic E-state index is -0.858. The van der Waals surface area contributed by atoms with Gasteiger partial charge >= 0.3 is 5.97 Å². The zero-order valence-corrected chi connectivity index (χ0v) is 15.2. The van der Waals surface area contributed by atoms with E-state index in [9.17, 15) is 14.7 Å². The van der Waals surface area contributed by atoms with Gasteiger partial charge in [-0.25, -0.2) is 0 Å². The summed E-state index contributed by atoms with van der Waals surface area (Å²) in [6.45, 7) is 6.90. The number of thioether (sulfide) groups is 1. The van der Waals surface area contributed by atoms with Crippen molar-refractivity contribution in [3.05, 3.63) is 34.9 Å². The Balaban J connectivity index is 2.10. The molecule has 0 radical (unpaired) electrons. The lowest BCUT2D eigenvalue weighted by Crippen LogP contribution is -2.32. The van der Waals surface area contributed by atoms with Crippen LogP contribution in [0.1, 0.15) is 32.3 Å². The number of hydrogen-bond donors (Lipinski definition) is 1. The predicted octanol–water partition coefficient (Wildman–Crippen LogP) is 3.50. The van der Waals surface area contributed by atoms with Crippen LogP contribution in [-0.4, -0.2) is 45.5 Å². The third-order valence-electron chi connectivity index (χ3n) is 3.92. The first-order valence-electron chi connectivity index (χ1n) is 7.57. The van der Waals surface area contributed by atoms with E-state index in [-0.39, 0.29) is 23.1 Å². The Hall–Kier alpha value is -1.20. The molecular weight excluding hydrogens is 334 g/mol. The summed E-state index contributed by atoms with van der Waals surface area (Å²) in [4.78, 5) is 25.6. The van der Waals surface area contributed by atoms with Gasteiger partial charge in [-0.15, -0.1) is 11.8 Å². The number of rotatable bonds is 4. The van der Waals surface area contributed by atoms with Gasteiger partial charge in [0.15, 0.2) is 0 Å². The molecule has 1 heterocycles. The van der Waals surface area contributed by atoms with Crippen LogP contribution in [0.15, 0.2) is 24.3 Å². The van der Waals surface area contributed by atoms with Crippen molar-refractivity contribution in [1.82, 2.24) is 4.90 Å². The van der Waals surface area contributed by atoms with E-state index in [0.29, 0.717) is 17.3 Å². The van der Waals surface area contributed by atoms with E-state index in [0.717, 1.165) is 5.56 Å². The van der Waals surface area contributed by atoms with E-state index >= 15 is 0 Å². The largest absolute Gasteiger partial charge is 0.481 e. The highest BCUT2D eigenvalue weighted by Gasteiger charge is 2.40. The minimum absolute atomic E-state index is 0.00707. The molecule has 2 rings (SSSR count). The molecule has 1 N–H and O–H groups in total. The number of halogens is 1. The summed E-state index contributed by atoms with van der Waals surface area (Å²) in [5.41, 5.74) is 0.917. The van der Waals surface area contributed by atoms with Gasteiger partial charge in [0, 0.05) is 28.8 Å². The molecule has 1 amide bonds. The molecule has 1 fully saturated rings. The molecule has 0 aromatic heterocycles. The SMILES string of the molecule is CC(C)(C)SCC(=O)N1C[C@@H](C(=O)O)[C@H](c2ccc(Cl)cc2)C1. The third kappa shape index (κ3) is 4.88. The van der Waals surface area contributed by atoms with Crippen LogP contribution in [0, 0.1) is 5.92 Å². The Morgan fingerprint density at radius 1 is 1.26 bits per heavy atom. The van der Waals surface area contributed by atoms with Gasteiger partial charge in [-0.2, -0.15) is 0 Å². The maximum absolute atomic E-state index is 12.4. The van der Waals surface area contributed by atoms with E-state index < -0.39 is 11.9 Å². The van der Waals surface area contributed by atoms with Gasteiger partial charge in [0.1, 0.15) is 0 Å². The molecule has 0 spiro atoms. The molecule has 1 saturated heterocycles. The van der Waals surface area contributed by atoms with Crippen molar-refractivity contribution in [1.29, 1.82) is 0 Å². The maximum Gasteiger partial charge on any atom is 0.308 e. The molecule has 0 saturated carbocycles. The fourth-order valence-corrected chi connectivity index (χ4v) is 3.54. The average molecular weight is 356 g/mol. The molecule has 1 aromatic rings. The molecule has 2 atom stereocenters. The first kappa shape index (κ1) is 18.1. The summed E-state index contributed by atoms with van der Waals surface area (Å²) < 4.78 is 0.0111. The molecule has 1 aliphatic heterocycles. The smallest absolute Gasteiger partial charge is 0.308 e. The van der Waals surface area contributed by atoms with Crippen LogP contribution in [0.3, 0.4) is 0 Å². The number of carbonyl (C=O) groups excluding carboxylic acids is 1. The summed E-state index contributed by atoms with van der Waals surface area (Å²) in [6, 6.07) is 7.22. The highest BCUT2D eigenvalue weighted by molar-refractivity contribution is 8.01. The second-order valence-electron chi connectivity index (χ2n) is 6.80. The van der Waals surface area contributed by atoms with Crippen LogP contribution in [0.4, 0.5) is 0 Å². The molecule has 1 aliphatic rings. The van der Waals surface area contributed by atoms with Crippen molar-refractivity contribution < 1.29 is 14.7 Å². The van der Waals surface area contributed by atoms with Crippen molar-refractivity contribution in [2.75, 3.05) is 18.8 Å². The Kier molecular flexibility index (Phi) is 5.63. The Labute approximate surface area is 146 Å². The van der Waals surface area contributed by atoms with Crippen LogP contribution in [-0.2, 0) is 9.59 Å². The molecule has 1 aromatic carbocycles. The lowest BCUT2D eigenvalue weighted by atomic mass is 9.89. The normalized spacial score (nSPS) is 21.5. The summed E-state index contributed by atoms with van der Waals surface area (Å²) in [5.74, 6) is -1.23. The highest BCUT2D eigenvalue weighted by atomic mass is 35.5. The molecule has 4 nitrogen and oxygen atoms in total. The second kappa shape index (κ2) is 7.14. The molecular formula is C17H22ClNO3S. The Bertz CT molecular complexity index is 582. The van der Waals surface area contributed by atoms with Gasteiger partial charge in [-0.3, -0.25) is 9.59 Å². The predicted molar refractivity (Wildman–Crippen MR) is 94.1 cm³/mol. The monoisotopic (exact) mass is 355 g/mol. The fourth-order valence-electron chi connectivity index (χ4n) is 2.67. The molecule has 0 unspecified atom stereocenters. The van der Waals surface area contributed by atoms with Gasteiger partial charge in [-0.05, 0) is 17.7 Å². The van der Waals surface area contributed by atoms with E-state index in [1.807, 2.05) is 12.1 Å². The molecule has 0 aliphatic carbocycles. The van der Waals surface area contributed by atoms with E-state index in [4.69, 9.17) is 11.6 Å². The number of hydrogen-bond acceptors (Lipinski definition) is 3. The van der Waals surface area contributed by atoms with Crippen molar-refractivity contribution in [3.8, 4) is 0 Å². The first-order chi connectivity index (χ1) is 10.7. The number of benzene rings is 1. The summed E-state index contributed by atoms with van der Waals surface area (Å²) in [5, 5.41) is 10.1. The van der Waals surface area contributed by atoms with Crippen LogP contribution in [0.2, 0.25) is 5.02 Å². The number of likely N-dealkylation sites (tertiary alicyclic amines) is 1. The van der Waals surface area contributed by atoms with Crippen LogP contribution < -0.4 is 0 Å². The third-order valence-corrected chi connectivity index (χ3v) is 5.43. The molecule has 0 bridgehead atoms. The average Bonchev–Trinajstić information content (AvgIpc) is 2.90. The Morgan fingerprint density at radius 3 is 2.39 bits per heavy atom. The molecule has 6 heteroatoms. The molecule has 23 heavy (non-hydrogen) atoms. The van der Waals surface area contributed by atoms with Gasteiger partial charge in [-0.1, -0.05) is 44.5 Å². The number of carboxylic acid groups (broad SMARTS) is 1. The highest BCUT2D eigenvalue weighted by Crippen LogP contribution is 2.34. The van der Waals surface area contributed by atoms with Gasteiger partial charge < -0.3 is 10.0 Å². The van der Waals surface area contributed by atoms with Crippen molar-refractivity contribution >= 4 is 35.2 Å². The lowest BCUT2D eigenvalue weighted by molar-refractivity contribution is -0.141. The number of carbonyl (C=O) groups is 2. The topological polar surface area (TPSA) is 57.6 Å².